The minimum Gasteiger partial charge on any atom is -0.497 e. The van der Waals surface area contributed by atoms with Crippen molar-refractivity contribution in [1.82, 2.24) is 9.55 Å². The third kappa shape index (κ3) is 6.86. The molecule has 1 aromatic heterocycles. The molecule has 0 aliphatic carbocycles. The lowest BCUT2D eigenvalue weighted by molar-refractivity contribution is -0.0948. The highest BCUT2D eigenvalue weighted by Crippen LogP contribution is 2.44. The number of nitrogens with one attached hydrogen (secondary N) is 1. The molecule has 1 aliphatic rings. The van der Waals surface area contributed by atoms with Crippen LogP contribution >= 0.6 is 0 Å². The SMILES string of the molecule is COc1ccc(C(OCC2OC(n3ccc(=O)[nH]c3=O)C(O)C2O[Si](C)(C)C(C)(C)C)(c2ccccc2)c2ccc(OC)cc2)cc1. The van der Waals surface area contributed by atoms with Gasteiger partial charge in [0, 0.05) is 12.3 Å². The maximum absolute atomic E-state index is 12.8. The predicted octanol–water partition coefficient (Wildman–Crippen LogP) is 5.21. The first-order valence-electron chi connectivity index (χ1n) is 15.6. The number of methoxy groups -OCH3 is 2. The normalized spacial score (nSPS) is 20.3. The Morgan fingerprint density at radius 2 is 1.36 bits per heavy atom. The van der Waals surface area contributed by atoms with Gasteiger partial charge in [-0.15, -0.1) is 0 Å². The summed E-state index contributed by atoms with van der Waals surface area (Å²) in [5.41, 5.74) is 0.169. The Labute approximate surface area is 276 Å². The molecule has 4 aromatic rings. The number of hydrogen-bond donors (Lipinski definition) is 2. The summed E-state index contributed by atoms with van der Waals surface area (Å²) in [6.07, 6.45) is -2.64. The first-order valence-corrected chi connectivity index (χ1v) is 18.5. The number of ether oxygens (including phenoxy) is 4. The van der Waals surface area contributed by atoms with E-state index in [1.54, 1.807) is 14.2 Å². The zero-order valence-corrected chi connectivity index (χ0v) is 28.9. The van der Waals surface area contributed by atoms with E-state index < -0.39 is 49.7 Å². The average Bonchev–Trinajstić information content (AvgIpc) is 3.35. The van der Waals surface area contributed by atoms with Crippen molar-refractivity contribution in [3.05, 3.63) is 129 Å². The molecule has 2 N–H and O–H groups in total. The molecule has 47 heavy (non-hydrogen) atoms. The monoisotopic (exact) mass is 660 g/mol. The Morgan fingerprint density at radius 3 is 1.85 bits per heavy atom. The van der Waals surface area contributed by atoms with Gasteiger partial charge in [-0.2, -0.15) is 0 Å². The molecule has 4 unspecified atom stereocenters. The van der Waals surface area contributed by atoms with Crippen molar-refractivity contribution in [3.63, 3.8) is 0 Å². The van der Waals surface area contributed by atoms with Gasteiger partial charge < -0.3 is 28.5 Å². The van der Waals surface area contributed by atoms with Crippen LogP contribution in [0.5, 0.6) is 11.5 Å². The number of benzene rings is 3. The van der Waals surface area contributed by atoms with E-state index in [4.69, 9.17) is 23.4 Å². The van der Waals surface area contributed by atoms with E-state index in [9.17, 15) is 14.7 Å². The Balaban J connectivity index is 1.62. The molecule has 250 valence electrons. The first-order chi connectivity index (χ1) is 22.3. The van der Waals surface area contributed by atoms with Crippen LogP contribution in [0.2, 0.25) is 18.1 Å². The lowest BCUT2D eigenvalue weighted by Crippen LogP contribution is -2.50. The smallest absolute Gasteiger partial charge is 0.330 e. The highest BCUT2D eigenvalue weighted by Gasteiger charge is 2.51. The molecule has 1 aliphatic heterocycles. The highest BCUT2D eigenvalue weighted by atomic mass is 28.4. The summed E-state index contributed by atoms with van der Waals surface area (Å²) in [4.78, 5) is 26.9. The highest BCUT2D eigenvalue weighted by molar-refractivity contribution is 6.74. The van der Waals surface area contributed by atoms with Gasteiger partial charge in [0.05, 0.1) is 20.8 Å². The summed E-state index contributed by atoms with van der Waals surface area (Å²) in [5.74, 6) is 1.40. The minimum atomic E-state index is -2.46. The van der Waals surface area contributed by atoms with Crippen molar-refractivity contribution in [2.75, 3.05) is 20.8 Å². The lowest BCUT2D eigenvalue weighted by atomic mass is 9.80. The molecule has 3 aromatic carbocycles. The van der Waals surface area contributed by atoms with Crippen LogP contribution < -0.4 is 20.7 Å². The molecule has 5 rings (SSSR count). The second-order valence-electron chi connectivity index (χ2n) is 13.2. The summed E-state index contributed by atoms with van der Waals surface area (Å²) in [6, 6.07) is 26.5. The number of nitrogens with zero attached hydrogens (tertiary/aromatic N) is 1. The van der Waals surface area contributed by atoms with Gasteiger partial charge in [-0.05, 0) is 59.1 Å². The summed E-state index contributed by atoms with van der Waals surface area (Å²) in [5, 5.41) is 11.6. The van der Waals surface area contributed by atoms with E-state index in [2.05, 4.69) is 38.8 Å². The van der Waals surface area contributed by atoms with Crippen molar-refractivity contribution in [3.8, 4) is 11.5 Å². The maximum Gasteiger partial charge on any atom is 0.330 e. The Bertz CT molecular complexity index is 1700. The third-order valence-electron chi connectivity index (χ3n) is 9.31. The predicted molar refractivity (Wildman–Crippen MR) is 182 cm³/mol. The maximum atomic E-state index is 12.8. The van der Waals surface area contributed by atoms with E-state index >= 15 is 0 Å². The molecule has 10 nitrogen and oxygen atoms in total. The summed E-state index contributed by atoms with van der Waals surface area (Å²) in [7, 11) is 0.777. The number of hydrogen-bond acceptors (Lipinski definition) is 8. The van der Waals surface area contributed by atoms with Gasteiger partial charge >= 0.3 is 5.69 Å². The largest absolute Gasteiger partial charge is 0.497 e. The fraction of sp³-hybridized carbons (Fsp3) is 0.389. The van der Waals surface area contributed by atoms with Crippen molar-refractivity contribution in [2.45, 2.75) is 69.0 Å². The lowest BCUT2D eigenvalue weighted by Gasteiger charge is -2.41. The van der Waals surface area contributed by atoms with E-state index in [-0.39, 0.29) is 11.6 Å². The summed E-state index contributed by atoms with van der Waals surface area (Å²) < 4.78 is 32.5. The van der Waals surface area contributed by atoms with E-state index in [1.807, 2.05) is 78.9 Å². The molecule has 4 atom stereocenters. The summed E-state index contributed by atoms with van der Waals surface area (Å²) >= 11 is 0. The number of H-pyrrole nitrogens is 1. The number of aromatic nitrogens is 2. The molecular formula is C36H44N2O8Si. The standard InChI is InChI=1S/C36H44N2O8Si/c1-35(2,3)47(6,7)46-32-29(45-33(31(32)40)38-22-21-30(39)37-34(38)41)23-44-36(24-11-9-8-10-12-24,25-13-17-27(42-4)18-14-25)26-15-19-28(43-5)20-16-26/h8-22,29,31-33,40H,23H2,1-7H3,(H,37,39,41). The van der Waals surface area contributed by atoms with Crippen molar-refractivity contribution in [2.24, 2.45) is 0 Å². The third-order valence-corrected chi connectivity index (χ3v) is 13.8. The molecule has 0 radical (unpaired) electrons. The van der Waals surface area contributed by atoms with Gasteiger partial charge in [-0.3, -0.25) is 14.3 Å². The van der Waals surface area contributed by atoms with Crippen molar-refractivity contribution >= 4 is 8.32 Å². The number of aliphatic hydroxyl groups excluding tert-OH is 1. The number of rotatable bonds is 11. The summed E-state index contributed by atoms with van der Waals surface area (Å²) in [6.45, 7) is 10.5. The van der Waals surface area contributed by atoms with Crippen LogP contribution in [-0.4, -0.2) is 62.1 Å². The topological polar surface area (TPSA) is 121 Å². The van der Waals surface area contributed by atoms with Crippen LogP contribution in [0.25, 0.3) is 0 Å². The molecule has 0 amide bonds. The van der Waals surface area contributed by atoms with Gasteiger partial charge in [-0.1, -0.05) is 75.4 Å². The molecule has 11 heteroatoms. The molecule has 0 spiro atoms. The van der Waals surface area contributed by atoms with E-state index in [1.165, 1.54) is 16.8 Å². The van der Waals surface area contributed by atoms with Crippen LogP contribution in [0.15, 0.2) is 101 Å². The van der Waals surface area contributed by atoms with Gasteiger partial charge in [0.15, 0.2) is 14.5 Å². The second-order valence-corrected chi connectivity index (χ2v) is 18.0. The quantitative estimate of drug-likeness (QED) is 0.166. The molecule has 0 saturated carbocycles. The average molecular weight is 661 g/mol. The van der Waals surface area contributed by atoms with Gasteiger partial charge in [0.1, 0.15) is 35.4 Å². The van der Waals surface area contributed by atoms with Crippen molar-refractivity contribution in [1.29, 1.82) is 0 Å². The molecular weight excluding hydrogens is 616 g/mol. The first kappa shape index (κ1) is 34.3. The van der Waals surface area contributed by atoms with Crippen molar-refractivity contribution < 1.29 is 28.5 Å². The minimum absolute atomic E-state index is 0.0160. The fourth-order valence-corrected chi connectivity index (χ4v) is 6.98. The molecule has 1 fully saturated rings. The van der Waals surface area contributed by atoms with Gasteiger partial charge in [0.2, 0.25) is 0 Å². The van der Waals surface area contributed by atoms with Gasteiger partial charge in [-0.25, -0.2) is 4.79 Å². The van der Waals surface area contributed by atoms with Crippen LogP contribution in [0, 0.1) is 0 Å². The number of aliphatic hydroxyl groups is 1. The fourth-order valence-electron chi connectivity index (χ4n) is 5.66. The van der Waals surface area contributed by atoms with E-state index in [0.717, 1.165) is 16.7 Å². The van der Waals surface area contributed by atoms with Crippen LogP contribution in [-0.2, 0) is 19.5 Å². The van der Waals surface area contributed by atoms with E-state index in [0.29, 0.717) is 11.5 Å². The molecule has 2 heterocycles. The Kier molecular flexibility index (Phi) is 9.95. The Hall–Kier alpha value is -4.00. The van der Waals surface area contributed by atoms with Crippen LogP contribution in [0.3, 0.4) is 0 Å². The number of aromatic amines is 1. The van der Waals surface area contributed by atoms with Crippen LogP contribution in [0.1, 0.15) is 43.7 Å². The Morgan fingerprint density at radius 1 is 0.830 bits per heavy atom. The zero-order valence-electron chi connectivity index (χ0n) is 27.9. The molecule has 0 bridgehead atoms. The van der Waals surface area contributed by atoms with Crippen LogP contribution in [0.4, 0.5) is 0 Å². The zero-order chi connectivity index (χ0) is 34.0. The van der Waals surface area contributed by atoms with Gasteiger partial charge in [0.25, 0.3) is 5.56 Å². The molecule has 1 saturated heterocycles. The second kappa shape index (κ2) is 13.6.